The van der Waals surface area contributed by atoms with E-state index in [1.165, 1.54) is 44.6 Å². The quantitative estimate of drug-likeness (QED) is 0.0854. The number of hydrogen-bond donors (Lipinski definition) is 0. The normalized spacial score (nSPS) is 16.7. The third-order valence-corrected chi connectivity index (χ3v) is 8.70. The van der Waals surface area contributed by atoms with Crippen LogP contribution in [-0.2, 0) is 0 Å². The molecule has 0 saturated heterocycles. The van der Waals surface area contributed by atoms with Crippen molar-refractivity contribution in [2.24, 2.45) is 5.92 Å². The molecule has 0 aromatic heterocycles. The molecular formula is C37H34F8O2. The van der Waals surface area contributed by atoms with E-state index >= 15 is 4.39 Å². The molecule has 0 spiro atoms. The van der Waals surface area contributed by atoms with Crippen LogP contribution in [0.4, 0.5) is 35.1 Å². The molecule has 10 heteroatoms. The average molecular weight is 663 g/mol. The number of ether oxygens (including phenoxy) is 2. The molecule has 250 valence electrons. The smallest absolute Gasteiger partial charge is 0.433 e. The molecule has 5 rings (SSSR count). The minimum Gasteiger partial charge on any atom is -0.480 e. The molecule has 47 heavy (non-hydrogen) atoms. The van der Waals surface area contributed by atoms with E-state index in [1.54, 1.807) is 12.1 Å². The Morgan fingerprint density at radius 1 is 0.660 bits per heavy atom. The first-order valence-corrected chi connectivity index (χ1v) is 15.7. The van der Waals surface area contributed by atoms with Crippen molar-refractivity contribution in [1.82, 2.24) is 0 Å². The van der Waals surface area contributed by atoms with E-state index in [2.05, 4.69) is 11.7 Å². The zero-order chi connectivity index (χ0) is 33.7. The predicted molar refractivity (Wildman–Crippen MR) is 163 cm³/mol. The van der Waals surface area contributed by atoms with Gasteiger partial charge in [0.25, 0.3) is 0 Å². The maximum Gasteiger partial charge on any atom is 0.433 e. The summed E-state index contributed by atoms with van der Waals surface area (Å²) in [7, 11) is 0. The largest absolute Gasteiger partial charge is 0.480 e. The van der Waals surface area contributed by atoms with Crippen molar-refractivity contribution in [3.63, 3.8) is 0 Å². The zero-order valence-corrected chi connectivity index (χ0v) is 25.7. The van der Waals surface area contributed by atoms with Gasteiger partial charge < -0.3 is 9.47 Å². The maximum absolute atomic E-state index is 15.1. The van der Waals surface area contributed by atoms with Gasteiger partial charge >= 0.3 is 6.11 Å². The standard InChI is InChI=1S/C37H34F8O2/c1-2-3-4-5-22-6-8-23(9-7-22)24-10-12-25(13-11-24)29-16-17-33(36(43)34(29)41)46-21-37(44,45)47-27-14-15-28(30(38)20-27)26-18-31(39)35(42)32(40)19-26/h10-20,22-23H,2-9,21H2,1H3. The minimum absolute atomic E-state index is 0.0551. The molecular weight excluding hydrogens is 628 g/mol. The fourth-order valence-electron chi connectivity index (χ4n) is 6.14. The lowest BCUT2D eigenvalue weighted by atomic mass is 9.77. The summed E-state index contributed by atoms with van der Waals surface area (Å²) in [6.45, 7) is 0.657. The molecule has 2 nitrogen and oxygen atoms in total. The molecule has 1 saturated carbocycles. The molecule has 4 aromatic carbocycles. The van der Waals surface area contributed by atoms with Crippen molar-refractivity contribution < 1.29 is 44.6 Å². The van der Waals surface area contributed by atoms with Gasteiger partial charge in [-0.05, 0) is 90.6 Å². The summed E-state index contributed by atoms with van der Waals surface area (Å²) >= 11 is 0. The fraction of sp³-hybridized carbons (Fsp3) is 0.351. The van der Waals surface area contributed by atoms with Gasteiger partial charge in [-0.15, -0.1) is 0 Å². The number of halogens is 8. The maximum atomic E-state index is 15.1. The second-order valence-corrected chi connectivity index (χ2v) is 12.0. The Morgan fingerprint density at radius 3 is 1.96 bits per heavy atom. The topological polar surface area (TPSA) is 18.5 Å². The predicted octanol–water partition coefficient (Wildman–Crippen LogP) is 11.8. The summed E-state index contributed by atoms with van der Waals surface area (Å²) in [6.07, 6.45) is 5.48. The molecule has 0 heterocycles. The minimum atomic E-state index is -4.12. The lowest BCUT2D eigenvalue weighted by Gasteiger charge is -2.29. The summed E-state index contributed by atoms with van der Waals surface area (Å²) in [5.41, 5.74) is 0.752. The highest BCUT2D eigenvalue weighted by Crippen LogP contribution is 2.39. The number of hydrogen-bond acceptors (Lipinski definition) is 2. The monoisotopic (exact) mass is 662 g/mol. The Morgan fingerprint density at radius 2 is 1.32 bits per heavy atom. The molecule has 0 radical (unpaired) electrons. The Labute approximate surface area is 268 Å². The Balaban J connectivity index is 1.19. The van der Waals surface area contributed by atoms with Crippen LogP contribution in [-0.4, -0.2) is 12.7 Å². The highest BCUT2D eigenvalue weighted by molar-refractivity contribution is 5.66. The number of benzene rings is 4. The van der Waals surface area contributed by atoms with E-state index in [-0.39, 0.29) is 11.1 Å². The fourth-order valence-corrected chi connectivity index (χ4v) is 6.14. The summed E-state index contributed by atoms with van der Waals surface area (Å²) in [6, 6.07) is 13.0. The van der Waals surface area contributed by atoms with Gasteiger partial charge in [-0.3, -0.25) is 0 Å². The number of unbranched alkanes of at least 4 members (excludes halogenated alkanes) is 2. The summed E-state index contributed by atoms with van der Waals surface area (Å²) in [5.74, 6) is -9.04. The van der Waals surface area contributed by atoms with E-state index in [0.717, 1.165) is 42.5 Å². The summed E-state index contributed by atoms with van der Waals surface area (Å²) < 4.78 is 123. The molecule has 0 atom stereocenters. The van der Waals surface area contributed by atoms with Gasteiger partial charge in [-0.25, -0.2) is 22.0 Å². The summed E-state index contributed by atoms with van der Waals surface area (Å²) in [4.78, 5) is 0. The van der Waals surface area contributed by atoms with Crippen molar-refractivity contribution in [3.8, 4) is 33.8 Å². The van der Waals surface area contributed by atoms with Gasteiger partial charge in [0.15, 0.2) is 35.6 Å². The first-order chi connectivity index (χ1) is 22.5. The van der Waals surface area contributed by atoms with Crippen molar-refractivity contribution >= 4 is 0 Å². The van der Waals surface area contributed by atoms with Crippen molar-refractivity contribution in [1.29, 1.82) is 0 Å². The first-order valence-electron chi connectivity index (χ1n) is 15.7. The van der Waals surface area contributed by atoms with E-state index in [9.17, 15) is 30.7 Å². The molecule has 4 aromatic rings. The van der Waals surface area contributed by atoms with Gasteiger partial charge in [0.05, 0.1) is 0 Å². The van der Waals surface area contributed by atoms with Gasteiger partial charge in [-0.1, -0.05) is 56.9 Å². The van der Waals surface area contributed by atoms with Crippen molar-refractivity contribution in [2.75, 3.05) is 6.61 Å². The van der Waals surface area contributed by atoms with E-state index in [4.69, 9.17) is 4.74 Å². The van der Waals surface area contributed by atoms with E-state index in [0.29, 0.717) is 29.7 Å². The van der Waals surface area contributed by atoms with Crippen LogP contribution < -0.4 is 9.47 Å². The summed E-state index contributed by atoms with van der Waals surface area (Å²) in [5, 5.41) is 0. The molecule has 0 aliphatic heterocycles. The molecule has 0 amide bonds. The van der Waals surface area contributed by atoms with Crippen molar-refractivity contribution in [2.45, 2.75) is 70.3 Å². The second-order valence-electron chi connectivity index (χ2n) is 12.0. The molecule has 0 N–H and O–H groups in total. The average Bonchev–Trinajstić information content (AvgIpc) is 3.04. The van der Waals surface area contributed by atoms with Crippen LogP contribution in [0.5, 0.6) is 11.5 Å². The van der Waals surface area contributed by atoms with Gasteiger partial charge in [0.1, 0.15) is 11.6 Å². The lowest BCUT2D eigenvalue weighted by molar-refractivity contribution is -0.195. The molecule has 0 unspecified atom stereocenters. The van der Waals surface area contributed by atoms with Crippen LogP contribution in [0.2, 0.25) is 0 Å². The SMILES string of the molecule is CCCCCC1CCC(c2ccc(-c3ccc(OCC(F)(F)Oc4ccc(-c5cc(F)c(F)c(F)c5)c(F)c4)c(F)c3F)cc2)CC1. The third-order valence-electron chi connectivity index (χ3n) is 8.70. The van der Waals surface area contributed by atoms with Crippen LogP contribution in [0.25, 0.3) is 22.3 Å². The van der Waals surface area contributed by atoms with Crippen LogP contribution in [0.1, 0.15) is 69.8 Å². The van der Waals surface area contributed by atoms with Crippen LogP contribution >= 0.6 is 0 Å². The van der Waals surface area contributed by atoms with Crippen LogP contribution in [0.3, 0.4) is 0 Å². The number of alkyl halides is 2. The van der Waals surface area contributed by atoms with Crippen LogP contribution in [0, 0.1) is 40.8 Å². The van der Waals surface area contributed by atoms with Gasteiger partial charge in [0, 0.05) is 17.2 Å². The third kappa shape index (κ3) is 8.26. The Hall–Kier alpha value is -4.08. The van der Waals surface area contributed by atoms with Crippen molar-refractivity contribution in [3.05, 3.63) is 107 Å². The number of rotatable bonds is 12. The van der Waals surface area contributed by atoms with E-state index in [1.807, 2.05) is 12.1 Å². The molecule has 1 fully saturated rings. The first kappa shape index (κ1) is 34.3. The molecule has 0 bridgehead atoms. The second kappa shape index (κ2) is 14.8. The van der Waals surface area contributed by atoms with Crippen LogP contribution in [0.15, 0.2) is 66.7 Å². The highest BCUT2D eigenvalue weighted by atomic mass is 19.3. The van der Waals surface area contributed by atoms with Gasteiger partial charge in [0.2, 0.25) is 5.82 Å². The zero-order valence-electron chi connectivity index (χ0n) is 25.7. The van der Waals surface area contributed by atoms with Gasteiger partial charge in [-0.2, -0.15) is 13.2 Å². The molecule has 1 aliphatic rings. The Bertz CT molecular complexity index is 1660. The van der Waals surface area contributed by atoms with E-state index < -0.39 is 64.7 Å². The Kier molecular flexibility index (Phi) is 10.8. The highest BCUT2D eigenvalue weighted by Gasteiger charge is 2.34. The molecule has 1 aliphatic carbocycles. The lowest BCUT2D eigenvalue weighted by Crippen LogP contribution is -2.32.